The fourth-order valence-electron chi connectivity index (χ4n) is 2.46. The number of carbonyl (C=O) groups excluding carboxylic acids is 1. The summed E-state index contributed by atoms with van der Waals surface area (Å²) in [6.45, 7) is 5.68. The van der Waals surface area contributed by atoms with Crippen molar-refractivity contribution in [2.45, 2.75) is 45.8 Å². The molecule has 1 saturated heterocycles. The first-order valence-electron chi connectivity index (χ1n) is 7.24. The van der Waals surface area contributed by atoms with Gasteiger partial charge in [-0.2, -0.15) is 0 Å². The van der Waals surface area contributed by atoms with Crippen molar-refractivity contribution in [1.29, 1.82) is 0 Å². The molecule has 5 nitrogen and oxygen atoms in total. The number of amides is 1. The van der Waals surface area contributed by atoms with Crippen LogP contribution in [0.1, 0.15) is 37.6 Å². The second kappa shape index (κ2) is 6.70. The topological polar surface area (TPSA) is 68.5 Å². The molecule has 2 N–H and O–H groups in total. The van der Waals surface area contributed by atoms with Crippen molar-refractivity contribution < 1.29 is 9.53 Å². The molecule has 110 valence electrons. The maximum Gasteiger partial charge on any atom is 0.263 e. The predicted octanol–water partition coefficient (Wildman–Crippen LogP) is 1.63. The molecule has 1 aliphatic rings. The SMILES string of the molecule is Cc1ccc(OC(C)C(=O)N2CCCCC2)c(CN)n1. The van der Waals surface area contributed by atoms with Gasteiger partial charge in [0.05, 0.1) is 5.69 Å². The molecule has 0 spiro atoms. The van der Waals surface area contributed by atoms with Crippen molar-refractivity contribution in [3.05, 3.63) is 23.5 Å². The van der Waals surface area contributed by atoms with E-state index in [2.05, 4.69) is 4.98 Å². The van der Waals surface area contributed by atoms with Crippen LogP contribution in [-0.2, 0) is 11.3 Å². The lowest BCUT2D eigenvalue weighted by atomic mass is 10.1. The highest BCUT2D eigenvalue weighted by molar-refractivity contribution is 5.81. The van der Waals surface area contributed by atoms with Crippen molar-refractivity contribution in [1.82, 2.24) is 9.88 Å². The maximum absolute atomic E-state index is 12.3. The summed E-state index contributed by atoms with van der Waals surface area (Å²) in [5.41, 5.74) is 7.27. The zero-order valence-corrected chi connectivity index (χ0v) is 12.3. The molecule has 2 rings (SSSR count). The molecule has 2 heterocycles. The molecular formula is C15H23N3O2. The summed E-state index contributed by atoms with van der Waals surface area (Å²) in [6.07, 6.45) is 2.87. The van der Waals surface area contributed by atoms with E-state index < -0.39 is 6.10 Å². The number of nitrogens with zero attached hydrogens (tertiary/aromatic N) is 2. The zero-order chi connectivity index (χ0) is 14.5. The largest absolute Gasteiger partial charge is 0.479 e. The Bertz CT molecular complexity index is 470. The number of hydrogen-bond donors (Lipinski definition) is 1. The van der Waals surface area contributed by atoms with E-state index in [9.17, 15) is 4.79 Å². The lowest BCUT2D eigenvalue weighted by molar-refractivity contribution is -0.138. The fourth-order valence-corrected chi connectivity index (χ4v) is 2.46. The third-order valence-corrected chi connectivity index (χ3v) is 3.58. The summed E-state index contributed by atoms with van der Waals surface area (Å²) in [5.74, 6) is 0.657. The average Bonchev–Trinajstić information content (AvgIpc) is 2.49. The van der Waals surface area contributed by atoms with Gasteiger partial charge in [-0.05, 0) is 45.2 Å². The second-order valence-corrected chi connectivity index (χ2v) is 5.25. The van der Waals surface area contributed by atoms with E-state index in [4.69, 9.17) is 10.5 Å². The van der Waals surface area contributed by atoms with Gasteiger partial charge in [-0.3, -0.25) is 9.78 Å². The Morgan fingerprint density at radius 3 is 2.75 bits per heavy atom. The van der Waals surface area contributed by atoms with Gasteiger partial charge >= 0.3 is 0 Å². The Labute approximate surface area is 120 Å². The maximum atomic E-state index is 12.3. The van der Waals surface area contributed by atoms with Gasteiger partial charge in [-0.1, -0.05) is 0 Å². The van der Waals surface area contributed by atoms with Crippen molar-refractivity contribution in [3.63, 3.8) is 0 Å². The number of hydrogen-bond acceptors (Lipinski definition) is 4. The molecule has 1 amide bonds. The Kier molecular flexibility index (Phi) is 4.95. The molecule has 1 aromatic rings. The van der Waals surface area contributed by atoms with Crippen LogP contribution in [0.15, 0.2) is 12.1 Å². The van der Waals surface area contributed by atoms with E-state index in [0.29, 0.717) is 18.0 Å². The van der Waals surface area contributed by atoms with Crippen LogP contribution in [0.4, 0.5) is 0 Å². The highest BCUT2D eigenvalue weighted by Crippen LogP contribution is 2.19. The number of ether oxygens (including phenoxy) is 1. The normalized spacial score (nSPS) is 16.9. The minimum absolute atomic E-state index is 0.0493. The van der Waals surface area contributed by atoms with Gasteiger partial charge < -0.3 is 15.4 Å². The zero-order valence-electron chi connectivity index (χ0n) is 12.3. The summed E-state index contributed by atoms with van der Waals surface area (Å²) in [7, 11) is 0. The minimum Gasteiger partial charge on any atom is -0.479 e. The van der Waals surface area contributed by atoms with Crippen molar-refractivity contribution in [2.24, 2.45) is 5.73 Å². The van der Waals surface area contributed by atoms with Gasteiger partial charge in [0.2, 0.25) is 0 Å². The quantitative estimate of drug-likeness (QED) is 0.908. The number of carbonyl (C=O) groups is 1. The van der Waals surface area contributed by atoms with E-state index in [1.165, 1.54) is 6.42 Å². The van der Waals surface area contributed by atoms with E-state index >= 15 is 0 Å². The molecule has 1 fully saturated rings. The first-order chi connectivity index (χ1) is 9.61. The summed E-state index contributed by atoms with van der Waals surface area (Å²) in [5, 5.41) is 0. The van der Waals surface area contributed by atoms with Gasteiger partial charge in [0.25, 0.3) is 5.91 Å². The molecule has 0 aromatic carbocycles. The van der Waals surface area contributed by atoms with Crippen LogP contribution in [0.2, 0.25) is 0 Å². The number of aryl methyl sites for hydroxylation is 1. The lowest BCUT2D eigenvalue weighted by Gasteiger charge is -2.29. The van der Waals surface area contributed by atoms with Gasteiger partial charge in [-0.15, -0.1) is 0 Å². The smallest absolute Gasteiger partial charge is 0.263 e. The van der Waals surface area contributed by atoms with Crippen molar-refractivity contribution in [2.75, 3.05) is 13.1 Å². The molecule has 1 aliphatic heterocycles. The molecule has 1 aromatic heterocycles. The summed E-state index contributed by atoms with van der Waals surface area (Å²) < 4.78 is 5.77. The molecule has 0 aliphatic carbocycles. The number of piperidine rings is 1. The standard InChI is InChI=1S/C15H23N3O2/c1-11-6-7-14(13(10-16)17-11)20-12(2)15(19)18-8-4-3-5-9-18/h6-7,12H,3-5,8-10,16H2,1-2H3. The van der Waals surface area contributed by atoms with Crippen LogP contribution < -0.4 is 10.5 Å². The molecule has 0 saturated carbocycles. The number of likely N-dealkylation sites (tertiary alicyclic amines) is 1. The first-order valence-corrected chi connectivity index (χ1v) is 7.24. The fraction of sp³-hybridized carbons (Fsp3) is 0.600. The Morgan fingerprint density at radius 2 is 2.10 bits per heavy atom. The van der Waals surface area contributed by atoms with Crippen LogP contribution in [0, 0.1) is 6.92 Å². The molecule has 0 radical (unpaired) electrons. The molecule has 1 atom stereocenters. The Balaban J connectivity index is 2.03. The third kappa shape index (κ3) is 3.48. The van der Waals surface area contributed by atoms with Gasteiger partial charge in [-0.25, -0.2) is 0 Å². The predicted molar refractivity (Wildman–Crippen MR) is 77.4 cm³/mol. The van der Waals surface area contributed by atoms with Gasteiger partial charge in [0.15, 0.2) is 6.10 Å². The minimum atomic E-state index is -0.497. The average molecular weight is 277 g/mol. The van der Waals surface area contributed by atoms with E-state index in [1.54, 1.807) is 6.92 Å². The highest BCUT2D eigenvalue weighted by Gasteiger charge is 2.24. The molecule has 1 unspecified atom stereocenters. The molecule has 5 heteroatoms. The van der Waals surface area contributed by atoms with E-state index in [0.717, 1.165) is 31.6 Å². The highest BCUT2D eigenvalue weighted by atomic mass is 16.5. The van der Waals surface area contributed by atoms with Crippen LogP contribution in [0.25, 0.3) is 0 Å². The van der Waals surface area contributed by atoms with Crippen molar-refractivity contribution >= 4 is 5.91 Å². The van der Waals surface area contributed by atoms with Gasteiger partial charge in [0.1, 0.15) is 5.75 Å². The number of rotatable bonds is 4. The van der Waals surface area contributed by atoms with Crippen LogP contribution >= 0.6 is 0 Å². The molecule has 20 heavy (non-hydrogen) atoms. The van der Waals surface area contributed by atoms with Gasteiger partial charge in [0, 0.05) is 25.3 Å². The monoisotopic (exact) mass is 277 g/mol. The van der Waals surface area contributed by atoms with Crippen molar-refractivity contribution in [3.8, 4) is 5.75 Å². The van der Waals surface area contributed by atoms with E-state index in [-0.39, 0.29) is 5.91 Å². The Morgan fingerprint density at radius 1 is 1.40 bits per heavy atom. The first kappa shape index (κ1) is 14.8. The molecule has 0 bridgehead atoms. The second-order valence-electron chi connectivity index (χ2n) is 5.25. The van der Waals surface area contributed by atoms with Crippen LogP contribution in [0.3, 0.4) is 0 Å². The number of pyridine rings is 1. The summed E-state index contributed by atoms with van der Waals surface area (Å²) >= 11 is 0. The van der Waals surface area contributed by atoms with E-state index in [1.807, 2.05) is 24.0 Å². The third-order valence-electron chi connectivity index (χ3n) is 3.58. The van der Waals surface area contributed by atoms with Crippen LogP contribution in [0.5, 0.6) is 5.75 Å². The lowest BCUT2D eigenvalue weighted by Crippen LogP contribution is -2.43. The number of nitrogens with two attached hydrogens (primary N) is 1. The number of aromatic nitrogens is 1. The summed E-state index contributed by atoms with van der Waals surface area (Å²) in [4.78, 5) is 18.5. The summed E-state index contributed by atoms with van der Waals surface area (Å²) in [6, 6.07) is 3.71. The molecular weight excluding hydrogens is 254 g/mol. The Hall–Kier alpha value is -1.62. The van der Waals surface area contributed by atoms with Crippen LogP contribution in [-0.4, -0.2) is 35.0 Å².